The molecule has 1 aromatic heterocycles. The minimum Gasteiger partial charge on any atom is -0.504 e. The summed E-state index contributed by atoms with van der Waals surface area (Å²) in [5.74, 6) is -0.0208. The Hall–Kier alpha value is -2.08. The van der Waals surface area contributed by atoms with Crippen molar-refractivity contribution in [1.82, 2.24) is 10.3 Å². The van der Waals surface area contributed by atoms with Crippen molar-refractivity contribution >= 4 is 17.2 Å². The molecule has 6 heteroatoms. The van der Waals surface area contributed by atoms with E-state index in [1.165, 1.54) is 23.5 Å². The largest absolute Gasteiger partial charge is 0.504 e. The number of phenols is 2. The summed E-state index contributed by atoms with van der Waals surface area (Å²) in [6.45, 7) is 0.435. The quantitative estimate of drug-likeness (QED) is 0.754. The van der Waals surface area contributed by atoms with E-state index in [4.69, 9.17) is 0 Å². The van der Waals surface area contributed by atoms with Gasteiger partial charge < -0.3 is 15.5 Å². The average Bonchev–Trinajstić information content (AvgIpc) is 3.18. The second kappa shape index (κ2) is 5.13. The van der Waals surface area contributed by atoms with E-state index in [1.807, 2.05) is 5.38 Å². The number of phenolic OH excluding ortho intramolecular Hbond substituents is 2. The highest BCUT2D eigenvalue weighted by Gasteiger charge is 2.29. The topological polar surface area (TPSA) is 82.5 Å². The van der Waals surface area contributed by atoms with E-state index >= 15 is 0 Å². The van der Waals surface area contributed by atoms with Crippen LogP contribution in [0.5, 0.6) is 11.5 Å². The number of rotatable bonds is 4. The number of amides is 1. The first kappa shape index (κ1) is 12.9. The van der Waals surface area contributed by atoms with Gasteiger partial charge in [0.25, 0.3) is 0 Å². The van der Waals surface area contributed by atoms with E-state index in [1.54, 1.807) is 6.07 Å². The fourth-order valence-corrected chi connectivity index (χ4v) is 2.60. The second-order valence-corrected chi connectivity index (χ2v) is 5.76. The second-order valence-electron chi connectivity index (χ2n) is 4.82. The van der Waals surface area contributed by atoms with Crippen LogP contribution >= 0.6 is 11.3 Å². The number of nitrogens with one attached hydrogen (secondary N) is 1. The molecule has 104 valence electrons. The fraction of sp³-hybridized carbons (Fsp3) is 0.286. The van der Waals surface area contributed by atoms with Crippen LogP contribution in [0, 0.1) is 5.92 Å². The van der Waals surface area contributed by atoms with Crippen LogP contribution in [0.1, 0.15) is 17.8 Å². The van der Waals surface area contributed by atoms with Gasteiger partial charge in [0.2, 0.25) is 5.91 Å². The number of hydrogen-bond acceptors (Lipinski definition) is 5. The first-order valence-corrected chi connectivity index (χ1v) is 7.26. The molecule has 1 heterocycles. The Kier molecular flexibility index (Phi) is 3.31. The third-order valence-electron chi connectivity index (χ3n) is 3.18. The Bertz CT molecular complexity index is 650. The van der Waals surface area contributed by atoms with Crippen molar-refractivity contribution in [3.8, 4) is 22.8 Å². The lowest BCUT2D eigenvalue weighted by atomic mass is 10.1. The van der Waals surface area contributed by atoms with E-state index in [-0.39, 0.29) is 23.3 Å². The molecule has 0 spiro atoms. The van der Waals surface area contributed by atoms with Crippen LogP contribution in [0.15, 0.2) is 23.6 Å². The number of aromatic nitrogens is 1. The number of nitrogens with zero attached hydrogens (tertiary/aromatic N) is 1. The van der Waals surface area contributed by atoms with Gasteiger partial charge in [-0.1, -0.05) is 0 Å². The lowest BCUT2D eigenvalue weighted by molar-refractivity contribution is -0.122. The molecule has 0 saturated heterocycles. The van der Waals surface area contributed by atoms with Crippen molar-refractivity contribution in [2.24, 2.45) is 5.92 Å². The molecule has 1 aliphatic carbocycles. The third-order valence-corrected chi connectivity index (χ3v) is 4.03. The Balaban J connectivity index is 1.69. The van der Waals surface area contributed by atoms with Crippen LogP contribution in [-0.2, 0) is 11.3 Å². The van der Waals surface area contributed by atoms with Crippen LogP contribution in [0.2, 0.25) is 0 Å². The molecule has 1 aromatic carbocycles. The molecule has 2 aromatic rings. The van der Waals surface area contributed by atoms with Crippen LogP contribution in [0.25, 0.3) is 11.3 Å². The summed E-state index contributed by atoms with van der Waals surface area (Å²) in [7, 11) is 0. The zero-order chi connectivity index (χ0) is 14.1. The first-order chi connectivity index (χ1) is 9.63. The zero-order valence-corrected chi connectivity index (χ0v) is 11.5. The lowest BCUT2D eigenvalue weighted by Crippen LogP contribution is -2.23. The van der Waals surface area contributed by atoms with Crippen molar-refractivity contribution in [3.05, 3.63) is 28.6 Å². The van der Waals surface area contributed by atoms with Crippen LogP contribution in [0.3, 0.4) is 0 Å². The highest BCUT2D eigenvalue weighted by molar-refractivity contribution is 7.09. The summed E-state index contributed by atoms with van der Waals surface area (Å²) in [5, 5.41) is 24.3. The molecule has 20 heavy (non-hydrogen) atoms. The molecule has 1 saturated carbocycles. The van der Waals surface area contributed by atoms with Gasteiger partial charge in [-0.2, -0.15) is 0 Å². The normalized spacial score (nSPS) is 14.2. The molecule has 3 N–H and O–H groups in total. The van der Waals surface area contributed by atoms with Crippen LogP contribution in [-0.4, -0.2) is 21.1 Å². The minimum atomic E-state index is -0.168. The Morgan fingerprint density at radius 3 is 2.85 bits per heavy atom. The molecule has 0 radical (unpaired) electrons. The molecule has 0 aliphatic heterocycles. The first-order valence-electron chi connectivity index (χ1n) is 6.38. The van der Waals surface area contributed by atoms with E-state index in [2.05, 4.69) is 10.3 Å². The Morgan fingerprint density at radius 2 is 2.15 bits per heavy atom. The van der Waals surface area contributed by atoms with Gasteiger partial charge in [-0.25, -0.2) is 4.98 Å². The van der Waals surface area contributed by atoms with E-state index in [0.717, 1.165) is 29.1 Å². The molecular formula is C14H14N2O3S. The molecule has 1 fully saturated rings. The van der Waals surface area contributed by atoms with Gasteiger partial charge in [-0.05, 0) is 31.0 Å². The van der Waals surface area contributed by atoms with Gasteiger partial charge in [0, 0.05) is 16.9 Å². The summed E-state index contributed by atoms with van der Waals surface area (Å²) >= 11 is 1.46. The molecule has 1 amide bonds. The van der Waals surface area contributed by atoms with E-state index < -0.39 is 0 Å². The van der Waals surface area contributed by atoms with Crippen molar-refractivity contribution in [1.29, 1.82) is 0 Å². The highest BCUT2D eigenvalue weighted by atomic mass is 32.1. The lowest BCUT2D eigenvalue weighted by Gasteiger charge is -2.01. The molecule has 0 atom stereocenters. The maximum atomic E-state index is 11.5. The number of hydrogen-bond donors (Lipinski definition) is 3. The Morgan fingerprint density at radius 1 is 1.35 bits per heavy atom. The van der Waals surface area contributed by atoms with Gasteiger partial charge in [-0.3, -0.25) is 4.79 Å². The number of thiazole rings is 1. The maximum Gasteiger partial charge on any atom is 0.223 e. The van der Waals surface area contributed by atoms with Crippen molar-refractivity contribution in [2.45, 2.75) is 19.4 Å². The SMILES string of the molecule is O=C(NCc1nc(-c2ccc(O)c(O)c2)cs1)C1CC1. The van der Waals surface area contributed by atoms with Crippen molar-refractivity contribution in [2.75, 3.05) is 0 Å². The van der Waals surface area contributed by atoms with Crippen molar-refractivity contribution < 1.29 is 15.0 Å². The molecule has 5 nitrogen and oxygen atoms in total. The molecule has 0 unspecified atom stereocenters. The minimum absolute atomic E-state index is 0.101. The molecule has 3 rings (SSSR count). The van der Waals surface area contributed by atoms with Gasteiger partial charge >= 0.3 is 0 Å². The number of benzene rings is 1. The molecule has 1 aliphatic rings. The van der Waals surface area contributed by atoms with Gasteiger partial charge in [0.05, 0.1) is 12.2 Å². The van der Waals surface area contributed by atoms with E-state index in [0.29, 0.717) is 6.54 Å². The smallest absolute Gasteiger partial charge is 0.223 e. The number of carbonyl (C=O) groups is 1. The van der Waals surface area contributed by atoms with Gasteiger partial charge in [0.1, 0.15) is 5.01 Å². The highest BCUT2D eigenvalue weighted by Crippen LogP contribution is 2.31. The zero-order valence-electron chi connectivity index (χ0n) is 10.7. The third kappa shape index (κ3) is 2.75. The number of aromatic hydroxyl groups is 2. The summed E-state index contributed by atoms with van der Waals surface area (Å²) in [5.41, 5.74) is 1.46. The molecule has 0 bridgehead atoms. The summed E-state index contributed by atoms with van der Waals surface area (Å²) in [6, 6.07) is 4.59. The van der Waals surface area contributed by atoms with E-state index in [9.17, 15) is 15.0 Å². The summed E-state index contributed by atoms with van der Waals surface area (Å²) in [4.78, 5) is 16.0. The summed E-state index contributed by atoms with van der Waals surface area (Å²) < 4.78 is 0. The predicted molar refractivity (Wildman–Crippen MR) is 75.5 cm³/mol. The summed E-state index contributed by atoms with van der Waals surface area (Å²) in [6.07, 6.45) is 1.98. The van der Waals surface area contributed by atoms with Crippen LogP contribution < -0.4 is 5.32 Å². The van der Waals surface area contributed by atoms with Crippen molar-refractivity contribution in [3.63, 3.8) is 0 Å². The fourth-order valence-electron chi connectivity index (χ4n) is 1.86. The van der Waals surface area contributed by atoms with Gasteiger partial charge in [-0.15, -0.1) is 11.3 Å². The molecular weight excluding hydrogens is 276 g/mol. The maximum absolute atomic E-state index is 11.5. The van der Waals surface area contributed by atoms with Gasteiger partial charge in [0.15, 0.2) is 11.5 Å². The Labute approximate surface area is 119 Å². The monoisotopic (exact) mass is 290 g/mol. The number of carbonyl (C=O) groups excluding carboxylic acids is 1. The predicted octanol–water partition coefficient (Wildman–Crippen LogP) is 2.25. The van der Waals surface area contributed by atoms with Crippen LogP contribution in [0.4, 0.5) is 0 Å². The standard InChI is InChI=1S/C14H14N2O3S/c17-11-4-3-9(5-12(11)18)10-7-20-13(16-10)6-15-14(19)8-1-2-8/h3-5,7-8,17-18H,1-2,6H2,(H,15,19). The average molecular weight is 290 g/mol.